The zero-order valence-electron chi connectivity index (χ0n) is 17.8. The van der Waals surface area contributed by atoms with Crippen LogP contribution in [0.2, 0.25) is 0 Å². The second-order valence-electron chi connectivity index (χ2n) is 8.41. The summed E-state index contributed by atoms with van der Waals surface area (Å²) in [4.78, 5) is 12.3. The largest absolute Gasteiger partial charge is 0.392 e. The van der Waals surface area contributed by atoms with Gasteiger partial charge in [0, 0.05) is 17.8 Å². The predicted octanol–water partition coefficient (Wildman–Crippen LogP) is 3.51. The molecule has 2 rings (SSSR count). The predicted molar refractivity (Wildman–Crippen MR) is 116 cm³/mol. The third-order valence-corrected chi connectivity index (χ3v) is 6.24. The number of carbonyl (C=O) groups is 1. The molecule has 158 valence electrons. The van der Waals surface area contributed by atoms with Crippen molar-refractivity contribution in [3.05, 3.63) is 58.7 Å². The fourth-order valence-electron chi connectivity index (χ4n) is 2.78. The number of amides is 1. The molecule has 1 atom stereocenters. The van der Waals surface area contributed by atoms with Crippen molar-refractivity contribution in [3.8, 4) is 0 Å². The summed E-state index contributed by atoms with van der Waals surface area (Å²) in [7, 11) is -3.79. The van der Waals surface area contributed by atoms with Gasteiger partial charge in [0.05, 0.1) is 11.0 Å². The molecule has 0 fully saturated rings. The molecule has 0 bridgehead atoms. The highest BCUT2D eigenvalue weighted by molar-refractivity contribution is 7.92. The van der Waals surface area contributed by atoms with Gasteiger partial charge in [0.25, 0.3) is 15.9 Å². The van der Waals surface area contributed by atoms with E-state index in [9.17, 15) is 18.3 Å². The molecule has 0 saturated carbocycles. The van der Waals surface area contributed by atoms with Crippen LogP contribution in [0.5, 0.6) is 0 Å². The summed E-state index contributed by atoms with van der Waals surface area (Å²) in [5, 5.41) is 11.8. The lowest BCUT2D eigenvalue weighted by Gasteiger charge is -2.22. The maximum Gasteiger partial charge on any atom is 0.262 e. The van der Waals surface area contributed by atoms with Crippen LogP contribution in [0.25, 0.3) is 0 Å². The number of rotatable bonds is 6. The number of sulfonamides is 1. The van der Waals surface area contributed by atoms with E-state index in [-0.39, 0.29) is 22.8 Å². The summed E-state index contributed by atoms with van der Waals surface area (Å²) in [6.45, 7) is 11.6. The van der Waals surface area contributed by atoms with Crippen molar-refractivity contribution >= 4 is 21.6 Å². The van der Waals surface area contributed by atoms with E-state index < -0.39 is 16.1 Å². The standard InChI is InChI=1S/C22H30N2O4S/c1-14-11-18(22(4,5)6)12-20(16(14)3)29(27,28)24-19-9-7-17(8-10-19)21(26)23-13-15(2)25/h7-12,15,24-25H,13H2,1-6H3,(H,23,26). The molecule has 0 aromatic heterocycles. The zero-order valence-corrected chi connectivity index (χ0v) is 18.6. The van der Waals surface area contributed by atoms with Crippen LogP contribution in [0.4, 0.5) is 5.69 Å². The fraction of sp³-hybridized carbons (Fsp3) is 0.409. The van der Waals surface area contributed by atoms with Crippen molar-refractivity contribution in [2.45, 2.75) is 58.0 Å². The first-order valence-corrected chi connectivity index (χ1v) is 11.0. The summed E-state index contributed by atoms with van der Waals surface area (Å²) in [6, 6.07) is 9.92. The van der Waals surface area contributed by atoms with E-state index in [1.807, 2.05) is 33.8 Å². The van der Waals surface area contributed by atoms with Crippen LogP contribution in [0.3, 0.4) is 0 Å². The summed E-state index contributed by atoms with van der Waals surface area (Å²) < 4.78 is 28.7. The Balaban J connectivity index is 2.28. The molecule has 0 aliphatic carbocycles. The molecule has 0 radical (unpaired) electrons. The molecule has 0 aliphatic heterocycles. The monoisotopic (exact) mass is 418 g/mol. The number of benzene rings is 2. The van der Waals surface area contributed by atoms with Gasteiger partial charge in [0.15, 0.2) is 0 Å². The minimum absolute atomic E-state index is 0.149. The Labute approximate surface area is 173 Å². The summed E-state index contributed by atoms with van der Waals surface area (Å²) in [5.41, 5.74) is 3.16. The summed E-state index contributed by atoms with van der Waals surface area (Å²) in [6.07, 6.45) is -0.638. The Bertz CT molecular complexity index is 989. The highest BCUT2D eigenvalue weighted by Crippen LogP contribution is 2.30. The molecule has 2 aromatic carbocycles. The number of nitrogens with one attached hydrogen (secondary N) is 2. The average molecular weight is 419 g/mol. The number of hydrogen-bond donors (Lipinski definition) is 3. The molecule has 6 nitrogen and oxygen atoms in total. The lowest BCUT2D eigenvalue weighted by atomic mass is 9.85. The van der Waals surface area contributed by atoms with Gasteiger partial charge in [-0.1, -0.05) is 26.8 Å². The van der Waals surface area contributed by atoms with Crippen LogP contribution in [0, 0.1) is 13.8 Å². The maximum atomic E-state index is 13.0. The van der Waals surface area contributed by atoms with Gasteiger partial charge in [-0.25, -0.2) is 8.42 Å². The number of hydrogen-bond acceptors (Lipinski definition) is 4. The first-order chi connectivity index (χ1) is 13.3. The zero-order chi connectivity index (χ0) is 22.0. The van der Waals surface area contributed by atoms with Crippen LogP contribution in [-0.4, -0.2) is 32.1 Å². The van der Waals surface area contributed by atoms with E-state index in [2.05, 4.69) is 10.0 Å². The van der Waals surface area contributed by atoms with E-state index >= 15 is 0 Å². The van der Waals surface area contributed by atoms with Gasteiger partial charge < -0.3 is 10.4 Å². The van der Waals surface area contributed by atoms with Crippen molar-refractivity contribution in [1.82, 2.24) is 5.32 Å². The van der Waals surface area contributed by atoms with Crippen molar-refractivity contribution in [2.24, 2.45) is 0 Å². The highest BCUT2D eigenvalue weighted by Gasteiger charge is 2.23. The Hall–Kier alpha value is -2.38. The number of carbonyl (C=O) groups excluding carboxylic acids is 1. The SMILES string of the molecule is Cc1cc(C(C)(C)C)cc(S(=O)(=O)Nc2ccc(C(=O)NCC(C)O)cc2)c1C. The van der Waals surface area contributed by atoms with Crippen molar-refractivity contribution in [3.63, 3.8) is 0 Å². The quantitative estimate of drug-likeness (QED) is 0.669. The average Bonchev–Trinajstić information content (AvgIpc) is 2.61. The van der Waals surface area contributed by atoms with Crippen molar-refractivity contribution < 1.29 is 18.3 Å². The topological polar surface area (TPSA) is 95.5 Å². The third-order valence-electron chi connectivity index (χ3n) is 4.73. The fourth-order valence-corrected chi connectivity index (χ4v) is 4.18. The van der Waals surface area contributed by atoms with Gasteiger partial charge in [-0.05, 0) is 73.2 Å². The number of anilines is 1. The Morgan fingerprint density at radius 1 is 1.10 bits per heavy atom. The number of aryl methyl sites for hydroxylation is 1. The first-order valence-electron chi connectivity index (χ1n) is 9.52. The Morgan fingerprint density at radius 2 is 1.69 bits per heavy atom. The molecule has 0 saturated heterocycles. The molecule has 0 heterocycles. The Kier molecular flexibility index (Phi) is 6.75. The lowest BCUT2D eigenvalue weighted by Crippen LogP contribution is -2.30. The summed E-state index contributed by atoms with van der Waals surface area (Å²) >= 11 is 0. The smallest absolute Gasteiger partial charge is 0.262 e. The van der Waals surface area contributed by atoms with E-state index in [0.29, 0.717) is 16.8 Å². The molecular formula is C22H30N2O4S. The molecule has 1 unspecified atom stereocenters. The molecule has 0 aliphatic rings. The molecule has 1 amide bonds. The van der Waals surface area contributed by atoms with E-state index in [0.717, 1.165) is 11.1 Å². The molecule has 3 N–H and O–H groups in total. The lowest BCUT2D eigenvalue weighted by molar-refractivity contribution is 0.0924. The first kappa shape index (κ1) is 22.9. The van der Waals surface area contributed by atoms with Crippen LogP contribution in [0.15, 0.2) is 41.3 Å². The van der Waals surface area contributed by atoms with Crippen molar-refractivity contribution in [2.75, 3.05) is 11.3 Å². The molecule has 7 heteroatoms. The Morgan fingerprint density at radius 3 is 2.21 bits per heavy atom. The van der Waals surface area contributed by atoms with Gasteiger partial charge in [0.2, 0.25) is 0 Å². The van der Waals surface area contributed by atoms with Crippen LogP contribution in [0.1, 0.15) is 54.7 Å². The second-order valence-corrected chi connectivity index (χ2v) is 10.1. The normalized spacial score (nSPS) is 13.1. The van der Waals surface area contributed by atoms with Gasteiger partial charge in [-0.3, -0.25) is 9.52 Å². The molecule has 2 aromatic rings. The second kappa shape index (κ2) is 8.55. The third kappa shape index (κ3) is 5.81. The van der Waals surface area contributed by atoms with Crippen LogP contribution >= 0.6 is 0 Å². The van der Waals surface area contributed by atoms with E-state index in [1.54, 1.807) is 44.2 Å². The van der Waals surface area contributed by atoms with E-state index in [1.165, 1.54) is 0 Å². The van der Waals surface area contributed by atoms with Gasteiger partial charge in [-0.15, -0.1) is 0 Å². The number of aliphatic hydroxyl groups is 1. The number of aliphatic hydroxyl groups excluding tert-OH is 1. The minimum atomic E-state index is -3.79. The van der Waals surface area contributed by atoms with Gasteiger partial charge in [-0.2, -0.15) is 0 Å². The van der Waals surface area contributed by atoms with Gasteiger partial charge in [0.1, 0.15) is 0 Å². The summed E-state index contributed by atoms with van der Waals surface area (Å²) in [5.74, 6) is -0.329. The van der Waals surface area contributed by atoms with Crippen LogP contribution in [-0.2, 0) is 15.4 Å². The van der Waals surface area contributed by atoms with Gasteiger partial charge >= 0.3 is 0 Å². The van der Waals surface area contributed by atoms with Crippen molar-refractivity contribution in [1.29, 1.82) is 0 Å². The van der Waals surface area contributed by atoms with Crippen LogP contribution < -0.4 is 10.0 Å². The molecule has 0 spiro atoms. The van der Waals surface area contributed by atoms with E-state index in [4.69, 9.17) is 0 Å². The molecular weight excluding hydrogens is 388 g/mol. The minimum Gasteiger partial charge on any atom is -0.392 e. The highest BCUT2D eigenvalue weighted by atomic mass is 32.2. The maximum absolute atomic E-state index is 13.0. The molecule has 29 heavy (non-hydrogen) atoms.